The van der Waals surface area contributed by atoms with E-state index in [1.807, 2.05) is 13.8 Å². The maximum Gasteiger partial charge on any atom is 0.282 e. The minimum absolute atomic E-state index is 0.146. The van der Waals surface area contributed by atoms with Gasteiger partial charge in [-0.2, -0.15) is 5.10 Å². The molecule has 0 aliphatic carbocycles. The van der Waals surface area contributed by atoms with Crippen molar-refractivity contribution >= 4 is 0 Å². The van der Waals surface area contributed by atoms with Crippen LogP contribution in [0.5, 0.6) is 0 Å². The first kappa shape index (κ1) is 11.1. The van der Waals surface area contributed by atoms with Crippen LogP contribution in [-0.4, -0.2) is 16.8 Å². The van der Waals surface area contributed by atoms with Gasteiger partial charge in [0.05, 0.1) is 0 Å². The third-order valence-electron chi connectivity index (χ3n) is 2.36. The monoisotopic (exact) mass is 203 g/mol. The Kier molecular flexibility index (Phi) is 2.89. The fraction of sp³-hybridized carbons (Fsp3) is 0.667. The minimum atomic E-state index is -2.53. The standard InChI is InChI=1S/C9H15F2N3/c1-9(2,12-3)6-5-14(4)13-7(6)8(10)11/h5,8,12H,1-4H3. The number of nitrogens with one attached hydrogen (secondary N) is 1. The smallest absolute Gasteiger partial charge is 0.282 e. The number of rotatable bonds is 3. The molecule has 1 aromatic heterocycles. The summed E-state index contributed by atoms with van der Waals surface area (Å²) >= 11 is 0. The molecule has 0 spiro atoms. The van der Waals surface area contributed by atoms with Crippen molar-refractivity contribution in [3.8, 4) is 0 Å². The Morgan fingerprint density at radius 3 is 2.50 bits per heavy atom. The van der Waals surface area contributed by atoms with Crippen LogP contribution >= 0.6 is 0 Å². The minimum Gasteiger partial charge on any atom is -0.311 e. The van der Waals surface area contributed by atoms with Gasteiger partial charge in [-0.15, -0.1) is 0 Å². The third kappa shape index (κ3) is 1.92. The number of hydrogen-bond donors (Lipinski definition) is 1. The first-order valence-electron chi connectivity index (χ1n) is 4.39. The van der Waals surface area contributed by atoms with Gasteiger partial charge in [0.15, 0.2) is 0 Å². The Morgan fingerprint density at radius 2 is 2.07 bits per heavy atom. The van der Waals surface area contributed by atoms with E-state index in [0.29, 0.717) is 5.56 Å². The van der Waals surface area contributed by atoms with E-state index in [1.54, 1.807) is 20.3 Å². The van der Waals surface area contributed by atoms with E-state index in [9.17, 15) is 8.78 Å². The molecule has 0 unspecified atom stereocenters. The van der Waals surface area contributed by atoms with Gasteiger partial charge < -0.3 is 5.32 Å². The zero-order valence-electron chi connectivity index (χ0n) is 8.81. The number of halogens is 2. The van der Waals surface area contributed by atoms with E-state index < -0.39 is 12.0 Å². The van der Waals surface area contributed by atoms with E-state index in [2.05, 4.69) is 10.4 Å². The van der Waals surface area contributed by atoms with Gasteiger partial charge in [-0.1, -0.05) is 0 Å². The van der Waals surface area contributed by atoms with Crippen molar-refractivity contribution in [3.05, 3.63) is 17.5 Å². The molecule has 3 nitrogen and oxygen atoms in total. The number of aryl methyl sites for hydroxylation is 1. The normalized spacial score (nSPS) is 12.5. The Balaban J connectivity index is 3.19. The van der Waals surface area contributed by atoms with Crippen molar-refractivity contribution in [3.63, 3.8) is 0 Å². The molecule has 0 bridgehead atoms. The number of aromatic nitrogens is 2. The lowest BCUT2D eigenvalue weighted by Crippen LogP contribution is -2.33. The Bertz CT molecular complexity index is 318. The predicted octanol–water partition coefficient (Wildman–Crippen LogP) is 1.81. The molecule has 0 atom stereocenters. The van der Waals surface area contributed by atoms with Gasteiger partial charge in [0.1, 0.15) is 5.69 Å². The topological polar surface area (TPSA) is 29.9 Å². The SMILES string of the molecule is CNC(C)(C)c1cn(C)nc1C(F)F. The van der Waals surface area contributed by atoms with Gasteiger partial charge >= 0.3 is 0 Å². The van der Waals surface area contributed by atoms with Gasteiger partial charge in [-0.25, -0.2) is 8.78 Å². The van der Waals surface area contributed by atoms with Crippen LogP contribution in [-0.2, 0) is 12.6 Å². The second-order valence-electron chi connectivity index (χ2n) is 3.78. The molecule has 1 N–H and O–H groups in total. The highest BCUT2D eigenvalue weighted by atomic mass is 19.3. The number of alkyl halides is 2. The largest absolute Gasteiger partial charge is 0.311 e. The summed E-state index contributed by atoms with van der Waals surface area (Å²) in [6.07, 6.45) is -0.906. The first-order chi connectivity index (χ1) is 6.38. The molecule has 0 radical (unpaired) electrons. The number of hydrogen-bond acceptors (Lipinski definition) is 2. The van der Waals surface area contributed by atoms with Gasteiger partial charge in [0, 0.05) is 24.3 Å². The average molecular weight is 203 g/mol. The molecule has 0 amide bonds. The maximum atomic E-state index is 12.6. The summed E-state index contributed by atoms with van der Waals surface area (Å²) in [5.41, 5.74) is -0.0932. The van der Waals surface area contributed by atoms with Crippen LogP contribution in [0.1, 0.15) is 31.5 Å². The van der Waals surface area contributed by atoms with Crippen LogP contribution in [0.2, 0.25) is 0 Å². The lowest BCUT2D eigenvalue weighted by atomic mass is 9.95. The molecule has 5 heteroatoms. The lowest BCUT2D eigenvalue weighted by Gasteiger charge is -2.23. The molecule has 1 aromatic rings. The predicted molar refractivity (Wildman–Crippen MR) is 50.3 cm³/mol. The van der Waals surface area contributed by atoms with Crippen LogP contribution in [0.25, 0.3) is 0 Å². The second-order valence-corrected chi connectivity index (χ2v) is 3.78. The second kappa shape index (κ2) is 3.65. The summed E-state index contributed by atoms with van der Waals surface area (Å²) in [5.74, 6) is 0. The quantitative estimate of drug-likeness (QED) is 0.812. The molecule has 14 heavy (non-hydrogen) atoms. The molecule has 0 aliphatic rings. The summed E-state index contributed by atoms with van der Waals surface area (Å²) in [6, 6.07) is 0. The Morgan fingerprint density at radius 1 is 1.50 bits per heavy atom. The van der Waals surface area contributed by atoms with Crippen LogP contribution < -0.4 is 5.32 Å². The van der Waals surface area contributed by atoms with Crippen LogP contribution in [0.3, 0.4) is 0 Å². The molecule has 1 heterocycles. The zero-order valence-corrected chi connectivity index (χ0v) is 8.81. The van der Waals surface area contributed by atoms with E-state index in [1.165, 1.54) is 4.68 Å². The van der Waals surface area contributed by atoms with E-state index in [0.717, 1.165) is 0 Å². The van der Waals surface area contributed by atoms with E-state index in [-0.39, 0.29) is 5.69 Å². The third-order valence-corrected chi connectivity index (χ3v) is 2.36. The first-order valence-corrected chi connectivity index (χ1v) is 4.39. The van der Waals surface area contributed by atoms with Crippen molar-refractivity contribution < 1.29 is 8.78 Å². The van der Waals surface area contributed by atoms with Crippen molar-refractivity contribution in [2.45, 2.75) is 25.8 Å². The highest BCUT2D eigenvalue weighted by Gasteiger charge is 2.28. The van der Waals surface area contributed by atoms with Crippen molar-refractivity contribution in [1.29, 1.82) is 0 Å². The maximum absolute atomic E-state index is 12.6. The fourth-order valence-electron chi connectivity index (χ4n) is 1.28. The molecule has 0 aliphatic heterocycles. The molecule has 0 fully saturated rings. The van der Waals surface area contributed by atoms with Gasteiger partial charge in [-0.05, 0) is 20.9 Å². The lowest BCUT2D eigenvalue weighted by molar-refractivity contribution is 0.142. The highest BCUT2D eigenvalue weighted by Crippen LogP contribution is 2.29. The van der Waals surface area contributed by atoms with Crippen molar-refractivity contribution in [2.24, 2.45) is 7.05 Å². The molecular weight excluding hydrogens is 188 g/mol. The van der Waals surface area contributed by atoms with Crippen LogP contribution in [0.15, 0.2) is 6.20 Å². The van der Waals surface area contributed by atoms with Crippen LogP contribution in [0, 0.1) is 0 Å². The molecule has 1 rings (SSSR count). The van der Waals surface area contributed by atoms with Gasteiger partial charge in [0.2, 0.25) is 0 Å². The average Bonchev–Trinajstić information content (AvgIpc) is 2.48. The summed E-state index contributed by atoms with van der Waals surface area (Å²) in [6.45, 7) is 3.69. The zero-order chi connectivity index (χ0) is 10.9. The number of nitrogens with zero attached hydrogens (tertiary/aromatic N) is 2. The Hall–Kier alpha value is -0.970. The molecule has 0 aromatic carbocycles. The van der Waals surface area contributed by atoms with Crippen molar-refractivity contribution in [2.75, 3.05) is 7.05 Å². The van der Waals surface area contributed by atoms with Gasteiger partial charge in [0.25, 0.3) is 6.43 Å². The molecule has 80 valence electrons. The summed E-state index contributed by atoms with van der Waals surface area (Å²) in [7, 11) is 3.38. The van der Waals surface area contributed by atoms with Crippen molar-refractivity contribution in [1.82, 2.24) is 15.1 Å². The van der Waals surface area contributed by atoms with Crippen LogP contribution in [0.4, 0.5) is 8.78 Å². The molecular formula is C9H15F2N3. The molecule has 0 saturated carbocycles. The highest BCUT2D eigenvalue weighted by molar-refractivity contribution is 5.26. The van der Waals surface area contributed by atoms with E-state index >= 15 is 0 Å². The fourth-order valence-corrected chi connectivity index (χ4v) is 1.28. The summed E-state index contributed by atoms with van der Waals surface area (Å²) < 4.78 is 26.6. The summed E-state index contributed by atoms with van der Waals surface area (Å²) in [4.78, 5) is 0. The summed E-state index contributed by atoms with van der Waals surface area (Å²) in [5, 5.41) is 6.73. The van der Waals surface area contributed by atoms with Gasteiger partial charge in [-0.3, -0.25) is 4.68 Å². The van der Waals surface area contributed by atoms with E-state index in [4.69, 9.17) is 0 Å². The Labute approximate surface area is 82.1 Å². The molecule has 0 saturated heterocycles.